The number of alkyl halides is 3. The highest BCUT2D eigenvalue weighted by Crippen LogP contribution is 2.26. The summed E-state index contributed by atoms with van der Waals surface area (Å²) in [5.41, 5.74) is 2.03. The zero-order chi connectivity index (χ0) is 29.5. The van der Waals surface area contributed by atoms with Crippen LogP contribution in [0.15, 0.2) is 108 Å². The molecule has 0 spiro atoms. The van der Waals surface area contributed by atoms with Crippen LogP contribution in [-0.2, 0) is 27.9 Å². The zero-order valence-electron chi connectivity index (χ0n) is 21.3. The van der Waals surface area contributed by atoms with Gasteiger partial charge in [-0.2, -0.15) is 4.31 Å². The average molecular weight is 586 g/mol. The molecule has 12 heteroatoms. The van der Waals surface area contributed by atoms with Crippen LogP contribution < -0.4 is 10.1 Å². The van der Waals surface area contributed by atoms with Crippen LogP contribution in [-0.4, -0.2) is 30.0 Å². The standard InChI is InChI=1S/C29H23F4N3O4S/c30-24-6-1-22(2-7-24)19-36(20-23-3-10-26(11-4-23)40-29(31,32)33)41(38,39)27-12-8-25(9-13-27)35-28(37)14-5-21-15-17-34-18-16-21/h1-18H,19-20H2,(H,35,37)/b14-5+. The highest BCUT2D eigenvalue weighted by Gasteiger charge is 2.31. The monoisotopic (exact) mass is 585 g/mol. The number of anilines is 1. The molecule has 3 aromatic carbocycles. The maximum absolute atomic E-state index is 13.6. The Hall–Kier alpha value is -4.55. The number of hydrogen-bond donors (Lipinski definition) is 1. The van der Waals surface area contributed by atoms with Crippen molar-refractivity contribution in [3.8, 4) is 5.75 Å². The SMILES string of the molecule is O=C(/C=C/c1ccncc1)Nc1ccc(S(=O)(=O)N(Cc2ccc(F)cc2)Cc2ccc(OC(F)(F)F)cc2)cc1. The van der Waals surface area contributed by atoms with Crippen molar-refractivity contribution in [3.63, 3.8) is 0 Å². The van der Waals surface area contributed by atoms with Crippen molar-refractivity contribution < 1.29 is 35.5 Å². The molecule has 1 heterocycles. The van der Waals surface area contributed by atoms with Crippen LogP contribution in [0.3, 0.4) is 0 Å². The normalized spacial score (nSPS) is 12.0. The molecule has 0 aliphatic rings. The number of pyridine rings is 1. The van der Waals surface area contributed by atoms with E-state index in [4.69, 9.17) is 0 Å². The van der Waals surface area contributed by atoms with Crippen molar-refractivity contribution >= 4 is 27.7 Å². The Morgan fingerprint density at radius 3 is 1.98 bits per heavy atom. The minimum Gasteiger partial charge on any atom is -0.406 e. The lowest BCUT2D eigenvalue weighted by atomic mass is 10.2. The van der Waals surface area contributed by atoms with Gasteiger partial charge in [0.2, 0.25) is 15.9 Å². The third kappa shape index (κ3) is 8.72. The summed E-state index contributed by atoms with van der Waals surface area (Å²) in [5.74, 6) is -1.35. The van der Waals surface area contributed by atoms with Gasteiger partial charge in [-0.1, -0.05) is 24.3 Å². The number of sulfonamides is 1. The van der Waals surface area contributed by atoms with Gasteiger partial charge in [-0.05, 0) is 83.4 Å². The molecule has 0 atom stereocenters. The molecule has 41 heavy (non-hydrogen) atoms. The van der Waals surface area contributed by atoms with Gasteiger partial charge in [0.15, 0.2) is 0 Å². The number of hydrogen-bond acceptors (Lipinski definition) is 5. The van der Waals surface area contributed by atoms with Crippen molar-refractivity contribution in [2.24, 2.45) is 0 Å². The highest BCUT2D eigenvalue weighted by atomic mass is 32.2. The fourth-order valence-electron chi connectivity index (χ4n) is 3.71. The van der Waals surface area contributed by atoms with Crippen molar-refractivity contribution in [1.82, 2.24) is 9.29 Å². The molecule has 1 N–H and O–H groups in total. The average Bonchev–Trinajstić information content (AvgIpc) is 2.94. The fourth-order valence-corrected chi connectivity index (χ4v) is 5.13. The lowest BCUT2D eigenvalue weighted by Crippen LogP contribution is -2.30. The molecule has 0 aliphatic carbocycles. The molecular formula is C29H23F4N3O4S. The molecule has 7 nitrogen and oxygen atoms in total. The number of nitrogens with zero attached hydrogens (tertiary/aromatic N) is 2. The molecule has 212 valence electrons. The number of aromatic nitrogens is 1. The van der Waals surface area contributed by atoms with E-state index >= 15 is 0 Å². The van der Waals surface area contributed by atoms with Gasteiger partial charge in [-0.15, -0.1) is 13.2 Å². The molecule has 1 aromatic heterocycles. The summed E-state index contributed by atoms with van der Waals surface area (Å²) in [5, 5.41) is 2.65. The van der Waals surface area contributed by atoms with E-state index in [-0.39, 0.29) is 18.0 Å². The fraction of sp³-hybridized carbons (Fsp3) is 0.103. The number of rotatable bonds is 10. The topological polar surface area (TPSA) is 88.6 Å². The number of carbonyl (C=O) groups is 1. The molecule has 0 bridgehead atoms. The first-order valence-electron chi connectivity index (χ1n) is 12.1. The molecule has 1 amide bonds. The molecule has 0 aliphatic heterocycles. The van der Waals surface area contributed by atoms with Gasteiger partial charge >= 0.3 is 6.36 Å². The van der Waals surface area contributed by atoms with Crippen LogP contribution in [0.5, 0.6) is 5.75 Å². The van der Waals surface area contributed by atoms with E-state index in [0.717, 1.165) is 22.0 Å². The summed E-state index contributed by atoms with van der Waals surface area (Å²) < 4.78 is 83.2. The first-order chi connectivity index (χ1) is 19.5. The molecule has 0 unspecified atom stereocenters. The van der Waals surface area contributed by atoms with Crippen LogP contribution in [0.4, 0.5) is 23.2 Å². The molecule has 0 saturated carbocycles. The minimum atomic E-state index is -4.86. The van der Waals surface area contributed by atoms with Crippen LogP contribution >= 0.6 is 0 Å². The second-order valence-corrected chi connectivity index (χ2v) is 10.7. The van der Waals surface area contributed by atoms with E-state index in [1.54, 1.807) is 30.6 Å². The van der Waals surface area contributed by atoms with Crippen molar-refractivity contribution in [3.05, 3.63) is 126 Å². The van der Waals surface area contributed by atoms with Crippen LogP contribution in [0.1, 0.15) is 16.7 Å². The second-order valence-electron chi connectivity index (χ2n) is 8.72. The summed E-state index contributed by atoms with van der Waals surface area (Å²) in [6.07, 6.45) is 1.25. The maximum Gasteiger partial charge on any atom is 0.573 e. The van der Waals surface area contributed by atoms with Crippen molar-refractivity contribution in [2.75, 3.05) is 5.32 Å². The van der Waals surface area contributed by atoms with Crippen LogP contribution in [0.2, 0.25) is 0 Å². The van der Waals surface area contributed by atoms with Gasteiger partial charge in [0, 0.05) is 37.2 Å². The number of benzene rings is 3. The smallest absolute Gasteiger partial charge is 0.406 e. The van der Waals surface area contributed by atoms with E-state index in [2.05, 4.69) is 15.0 Å². The molecule has 0 saturated heterocycles. The number of ether oxygens (including phenoxy) is 1. The number of carbonyl (C=O) groups excluding carboxylic acids is 1. The summed E-state index contributed by atoms with van der Waals surface area (Å²) in [6.45, 7) is -0.327. The largest absolute Gasteiger partial charge is 0.573 e. The van der Waals surface area contributed by atoms with Gasteiger partial charge in [-0.25, -0.2) is 12.8 Å². The van der Waals surface area contributed by atoms with Crippen molar-refractivity contribution in [1.29, 1.82) is 0 Å². The van der Waals surface area contributed by atoms with Gasteiger partial charge in [0.1, 0.15) is 11.6 Å². The molecular weight excluding hydrogens is 562 g/mol. The van der Waals surface area contributed by atoms with Crippen molar-refractivity contribution in [2.45, 2.75) is 24.3 Å². The Morgan fingerprint density at radius 1 is 0.854 bits per heavy atom. The van der Waals surface area contributed by atoms with Gasteiger partial charge in [0.05, 0.1) is 4.90 Å². The van der Waals surface area contributed by atoms with E-state index in [0.29, 0.717) is 16.8 Å². The minimum absolute atomic E-state index is 0.0815. The summed E-state index contributed by atoms with van der Waals surface area (Å²) >= 11 is 0. The second kappa shape index (κ2) is 12.7. The first-order valence-corrected chi connectivity index (χ1v) is 13.5. The summed E-state index contributed by atoms with van der Waals surface area (Å²) in [7, 11) is -4.14. The predicted molar refractivity (Wildman–Crippen MR) is 144 cm³/mol. The van der Waals surface area contributed by atoms with E-state index in [9.17, 15) is 30.8 Å². The van der Waals surface area contributed by atoms with E-state index in [1.165, 1.54) is 66.7 Å². The number of amides is 1. The Labute approximate surface area is 233 Å². The summed E-state index contributed by atoms with van der Waals surface area (Å²) in [6, 6.07) is 19.1. The number of halogens is 4. The molecule has 0 radical (unpaired) electrons. The zero-order valence-corrected chi connectivity index (χ0v) is 22.1. The van der Waals surface area contributed by atoms with Crippen LogP contribution in [0, 0.1) is 5.82 Å². The van der Waals surface area contributed by atoms with Gasteiger partial charge in [-0.3, -0.25) is 9.78 Å². The molecule has 4 rings (SSSR count). The summed E-state index contributed by atoms with van der Waals surface area (Å²) in [4.78, 5) is 16.1. The van der Waals surface area contributed by atoms with Crippen LogP contribution in [0.25, 0.3) is 6.08 Å². The number of nitrogens with one attached hydrogen (secondary N) is 1. The third-order valence-electron chi connectivity index (χ3n) is 5.68. The van der Waals surface area contributed by atoms with E-state index in [1.807, 2.05) is 0 Å². The Morgan fingerprint density at radius 2 is 1.41 bits per heavy atom. The predicted octanol–water partition coefficient (Wildman–Crippen LogP) is 6.16. The molecule has 0 fully saturated rings. The Kier molecular flexibility index (Phi) is 9.15. The third-order valence-corrected chi connectivity index (χ3v) is 7.49. The van der Waals surface area contributed by atoms with Gasteiger partial charge < -0.3 is 10.1 Å². The first kappa shape index (κ1) is 29.4. The Bertz CT molecular complexity index is 1590. The lowest BCUT2D eigenvalue weighted by Gasteiger charge is -2.23. The highest BCUT2D eigenvalue weighted by molar-refractivity contribution is 7.89. The van der Waals surface area contributed by atoms with Gasteiger partial charge in [0.25, 0.3) is 0 Å². The lowest BCUT2D eigenvalue weighted by molar-refractivity contribution is -0.274. The maximum atomic E-state index is 13.6. The Balaban J connectivity index is 1.52. The molecule has 4 aromatic rings. The van der Waals surface area contributed by atoms with E-state index < -0.39 is 33.9 Å². The quantitative estimate of drug-likeness (QED) is 0.178.